The summed E-state index contributed by atoms with van der Waals surface area (Å²) in [7, 11) is 0. The van der Waals surface area contributed by atoms with Crippen molar-refractivity contribution in [1.82, 2.24) is 0 Å². The summed E-state index contributed by atoms with van der Waals surface area (Å²) in [5.41, 5.74) is 4.50. The molecule has 1 heterocycles. The summed E-state index contributed by atoms with van der Waals surface area (Å²) in [6.45, 7) is 6.74. The third-order valence-electron chi connectivity index (χ3n) is 2.80. The van der Waals surface area contributed by atoms with Gasteiger partial charge in [-0.05, 0) is 40.9 Å². The summed E-state index contributed by atoms with van der Waals surface area (Å²) in [5, 5.41) is 2.19. The predicted octanol–water partition coefficient (Wildman–Crippen LogP) is 4.42. The molecule has 0 aromatic carbocycles. The SMILES string of the molecule is CC1=C(C)C(C)c2c(Br)csc21. The zero-order valence-electron chi connectivity index (χ0n) is 7.44. The summed E-state index contributed by atoms with van der Waals surface area (Å²) in [6.07, 6.45) is 0. The van der Waals surface area contributed by atoms with E-state index in [1.54, 1.807) is 0 Å². The largest absolute Gasteiger partial charge is 0.143 e. The first-order chi connectivity index (χ1) is 5.63. The molecule has 0 fully saturated rings. The summed E-state index contributed by atoms with van der Waals surface area (Å²) in [6, 6.07) is 0. The van der Waals surface area contributed by atoms with Crippen LogP contribution >= 0.6 is 27.3 Å². The third-order valence-corrected chi connectivity index (χ3v) is 4.87. The van der Waals surface area contributed by atoms with Gasteiger partial charge in [-0.2, -0.15) is 0 Å². The van der Waals surface area contributed by atoms with Crippen LogP contribution in [0.5, 0.6) is 0 Å². The molecule has 1 atom stereocenters. The molecule has 2 rings (SSSR count). The number of hydrogen-bond acceptors (Lipinski definition) is 1. The van der Waals surface area contributed by atoms with Crippen LogP contribution in [0.2, 0.25) is 0 Å². The zero-order valence-corrected chi connectivity index (χ0v) is 9.84. The summed E-state index contributed by atoms with van der Waals surface area (Å²) in [4.78, 5) is 1.48. The Morgan fingerprint density at radius 3 is 2.67 bits per heavy atom. The van der Waals surface area contributed by atoms with Crippen LogP contribution in [0, 0.1) is 0 Å². The molecular formula is C10H11BrS. The van der Waals surface area contributed by atoms with Gasteiger partial charge >= 0.3 is 0 Å². The van der Waals surface area contributed by atoms with Crippen molar-refractivity contribution in [2.75, 3.05) is 0 Å². The van der Waals surface area contributed by atoms with Gasteiger partial charge in [-0.3, -0.25) is 0 Å². The van der Waals surface area contributed by atoms with Gasteiger partial charge in [0.05, 0.1) is 0 Å². The van der Waals surface area contributed by atoms with Gasteiger partial charge in [0.1, 0.15) is 0 Å². The molecule has 0 saturated heterocycles. The van der Waals surface area contributed by atoms with Gasteiger partial charge < -0.3 is 0 Å². The molecule has 1 aromatic rings. The number of hydrogen-bond donors (Lipinski definition) is 0. The van der Waals surface area contributed by atoms with Crippen molar-refractivity contribution < 1.29 is 0 Å². The second-order valence-electron chi connectivity index (χ2n) is 3.36. The number of thiophene rings is 1. The lowest BCUT2D eigenvalue weighted by atomic mass is 10.0. The topological polar surface area (TPSA) is 0 Å². The Bertz CT molecular complexity index is 360. The molecule has 0 aliphatic heterocycles. The van der Waals surface area contributed by atoms with Gasteiger partial charge in [-0.25, -0.2) is 0 Å². The Labute approximate surface area is 85.4 Å². The van der Waals surface area contributed by atoms with Gasteiger partial charge in [-0.1, -0.05) is 12.5 Å². The van der Waals surface area contributed by atoms with Crippen LogP contribution < -0.4 is 0 Å². The van der Waals surface area contributed by atoms with Crippen molar-refractivity contribution in [3.05, 3.63) is 25.9 Å². The Hall–Kier alpha value is -0.0800. The maximum absolute atomic E-state index is 3.60. The van der Waals surface area contributed by atoms with Crippen LogP contribution in [0.1, 0.15) is 37.1 Å². The monoisotopic (exact) mass is 242 g/mol. The number of rotatable bonds is 0. The number of fused-ring (bicyclic) bond motifs is 1. The fourth-order valence-electron chi connectivity index (χ4n) is 1.76. The molecule has 0 radical (unpaired) electrons. The lowest BCUT2D eigenvalue weighted by Gasteiger charge is -2.05. The molecular weight excluding hydrogens is 232 g/mol. The molecule has 1 aliphatic carbocycles. The van der Waals surface area contributed by atoms with E-state index in [2.05, 4.69) is 42.1 Å². The van der Waals surface area contributed by atoms with E-state index < -0.39 is 0 Å². The highest BCUT2D eigenvalue weighted by atomic mass is 79.9. The zero-order chi connectivity index (χ0) is 8.88. The number of halogens is 1. The Balaban J connectivity index is 2.66. The fraction of sp³-hybridized carbons (Fsp3) is 0.400. The quantitative estimate of drug-likeness (QED) is 0.632. The molecule has 1 aliphatic rings. The molecule has 0 bridgehead atoms. The third kappa shape index (κ3) is 0.944. The van der Waals surface area contributed by atoms with Crippen LogP contribution in [-0.4, -0.2) is 0 Å². The molecule has 0 N–H and O–H groups in total. The van der Waals surface area contributed by atoms with E-state index in [1.807, 2.05) is 11.3 Å². The maximum Gasteiger partial charge on any atom is 0.0348 e. The lowest BCUT2D eigenvalue weighted by Crippen LogP contribution is -1.88. The van der Waals surface area contributed by atoms with Gasteiger partial charge in [0.25, 0.3) is 0 Å². The maximum atomic E-state index is 3.60. The van der Waals surface area contributed by atoms with E-state index in [0.717, 1.165) is 0 Å². The normalized spacial score (nSPS) is 21.8. The first kappa shape index (κ1) is 8.52. The second kappa shape index (κ2) is 2.71. The van der Waals surface area contributed by atoms with Crippen molar-refractivity contribution in [1.29, 1.82) is 0 Å². The average molecular weight is 243 g/mol. The first-order valence-electron chi connectivity index (χ1n) is 4.07. The molecule has 64 valence electrons. The molecule has 0 amide bonds. The van der Waals surface area contributed by atoms with Crippen LogP contribution in [0.3, 0.4) is 0 Å². The van der Waals surface area contributed by atoms with Crippen molar-refractivity contribution in [3.63, 3.8) is 0 Å². The molecule has 1 aromatic heterocycles. The first-order valence-corrected chi connectivity index (χ1v) is 5.74. The fourth-order valence-corrected chi connectivity index (χ4v) is 3.81. The molecule has 2 heteroatoms. The average Bonchev–Trinajstić information content (AvgIpc) is 2.51. The Kier molecular flexibility index (Phi) is 1.92. The van der Waals surface area contributed by atoms with E-state index in [0.29, 0.717) is 5.92 Å². The predicted molar refractivity (Wildman–Crippen MR) is 58.7 cm³/mol. The van der Waals surface area contributed by atoms with Crippen molar-refractivity contribution >= 4 is 32.8 Å². The lowest BCUT2D eigenvalue weighted by molar-refractivity contribution is 0.918. The van der Waals surface area contributed by atoms with Crippen molar-refractivity contribution in [2.45, 2.75) is 26.7 Å². The highest BCUT2D eigenvalue weighted by Gasteiger charge is 2.26. The minimum Gasteiger partial charge on any atom is -0.143 e. The second-order valence-corrected chi connectivity index (χ2v) is 5.09. The highest BCUT2D eigenvalue weighted by Crippen LogP contribution is 2.47. The van der Waals surface area contributed by atoms with E-state index >= 15 is 0 Å². The number of allylic oxidation sites excluding steroid dienone is 2. The smallest absolute Gasteiger partial charge is 0.0348 e. The Morgan fingerprint density at radius 1 is 1.42 bits per heavy atom. The van der Waals surface area contributed by atoms with E-state index in [1.165, 1.54) is 26.1 Å². The Morgan fingerprint density at radius 2 is 2.08 bits per heavy atom. The van der Waals surface area contributed by atoms with Crippen molar-refractivity contribution in [3.8, 4) is 0 Å². The van der Waals surface area contributed by atoms with Gasteiger partial charge in [-0.15, -0.1) is 11.3 Å². The highest BCUT2D eigenvalue weighted by molar-refractivity contribution is 9.10. The van der Waals surface area contributed by atoms with Gasteiger partial charge in [0.15, 0.2) is 0 Å². The minimum atomic E-state index is 0.612. The van der Waals surface area contributed by atoms with Crippen LogP contribution in [-0.2, 0) is 0 Å². The molecule has 12 heavy (non-hydrogen) atoms. The van der Waals surface area contributed by atoms with E-state index in [-0.39, 0.29) is 0 Å². The molecule has 0 spiro atoms. The van der Waals surface area contributed by atoms with Crippen LogP contribution in [0.15, 0.2) is 15.4 Å². The van der Waals surface area contributed by atoms with E-state index in [4.69, 9.17) is 0 Å². The minimum absolute atomic E-state index is 0.612. The van der Waals surface area contributed by atoms with Crippen LogP contribution in [0.4, 0.5) is 0 Å². The van der Waals surface area contributed by atoms with E-state index in [9.17, 15) is 0 Å². The summed E-state index contributed by atoms with van der Waals surface area (Å²) in [5.74, 6) is 0.612. The molecule has 0 saturated carbocycles. The summed E-state index contributed by atoms with van der Waals surface area (Å²) >= 11 is 5.45. The van der Waals surface area contributed by atoms with Gasteiger partial charge in [0, 0.05) is 20.6 Å². The summed E-state index contributed by atoms with van der Waals surface area (Å²) < 4.78 is 1.28. The molecule has 1 unspecified atom stereocenters. The standard InChI is InChI=1S/C10H11BrS/c1-5-6(2)9-8(11)4-12-10(9)7(5)3/h4,6H,1-3H3. The molecule has 0 nitrogen and oxygen atoms in total. The van der Waals surface area contributed by atoms with Gasteiger partial charge in [0.2, 0.25) is 0 Å². The van der Waals surface area contributed by atoms with Crippen LogP contribution in [0.25, 0.3) is 5.57 Å². The van der Waals surface area contributed by atoms with Crippen molar-refractivity contribution in [2.24, 2.45) is 0 Å².